The van der Waals surface area contributed by atoms with Crippen molar-refractivity contribution in [2.45, 2.75) is 26.9 Å². The van der Waals surface area contributed by atoms with E-state index in [2.05, 4.69) is 5.32 Å². The van der Waals surface area contributed by atoms with E-state index in [1.165, 1.54) is 6.92 Å². The summed E-state index contributed by atoms with van der Waals surface area (Å²) in [6.07, 6.45) is -0.959. The van der Waals surface area contributed by atoms with E-state index in [0.717, 1.165) is 11.3 Å². The Bertz CT molecular complexity index is 757. The molecule has 25 heavy (non-hydrogen) atoms. The van der Waals surface area contributed by atoms with E-state index in [0.29, 0.717) is 18.0 Å². The molecule has 6 heteroatoms. The second kappa shape index (κ2) is 8.19. The molecule has 0 aliphatic carbocycles. The fourth-order valence-electron chi connectivity index (χ4n) is 2.18. The Labute approximate surface area is 146 Å². The predicted octanol–water partition coefficient (Wildman–Crippen LogP) is 3.16. The van der Waals surface area contributed by atoms with Gasteiger partial charge in [-0.15, -0.1) is 0 Å². The summed E-state index contributed by atoms with van der Waals surface area (Å²) in [5, 5.41) is 2.69. The van der Waals surface area contributed by atoms with Gasteiger partial charge in [0.25, 0.3) is 5.91 Å². The Balaban J connectivity index is 1.97. The average molecular weight is 342 g/mol. The zero-order chi connectivity index (χ0) is 18.4. The summed E-state index contributed by atoms with van der Waals surface area (Å²) in [6.45, 7) is 5.77. The Kier molecular flexibility index (Phi) is 6.00. The normalized spacial score (nSPS) is 11.5. The number of hydrogen-bond acceptors (Lipinski definition) is 5. The molecular formula is C19H22N2O4. The van der Waals surface area contributed by atoms with Gasteiger partial charge in [0.2, 0.25) is 0 Å². The number of nitrogens with two attached hydrogens (primary N) is 1. The van der Waals surface area contributed by atoms with Gasteiger partial charge in [-0.3, -0.25) is 4.79 Å². The van der Waals surface area contributed by atoms with Crippen LogP contribution in [0.1, 0.15) is 29.8 Å². The minimum atomic E-state index is -0.959. The van der Waals surface area contributed by atoms with E-state index < -0.39 is 18.0 Å². The van der Waals surface area contributed by atoms with Crippen LogP contribution in [-0.4, -0.2) is 24.6 Å². The van der Waals surface area contributed by atoms with E-state index in [1.54, 1.807) is 49.4 Å². The lowest BCUT2D eigenvalue weighted by Crippen LogP contribution is -2.30. The molecule has 0 fully saturated rings. The molecule has 0 saturated carbocycles. The lowest BCUT2D eigenvalue weighted by molar-refractivity contribution is -0.123. The standard InChI is InChI=1S/C19H22N2O4/c1-4-24-15-10-8-14(9-11-15)21-18(22)13(3)25-19(23)16-7-5-6-12(2)17(16)20/h5-11,13H,4,20H2,1-3H3,(H,21,22). The lowest BCUT2D eigenvalue weighted by atomic mass is 10.1. The van der Waals surface area contributed by atoms with Crippen molar-refractivity contribution in [2.24, 2.45) is 0 Å². The molecule has 3 N–H and O–H groups in total. The van der Waals surface area contributed by atoms with Gasteiger partial charge in [0.05, 0.1) is 12.2 Å². The number of ether oxygens (including phenoxy) is 2. The fraction of sp³-hybridized carbons (Fsp3) is 0.263. The molecule has 1 amide bonds. The van der Waals surface area contributed by atoms with Crippen LogP contribution in [0.4, 0.5) is 11.4 Å². The molecule has 0 bridgehead atoms. The number of anilines is 2. The topological polar surface area (TPSA) is 90.6 Å². The highest BCUT2D eigenvalue weighted by Gasteiger charge is 2.20. The molecule has 2 rings (SSSR count). The largest absolute Gasteiger partial charge is 0.494 e. The second-order valence-electron chi connectivity index (χ2n) is 5.53. The summed E-state index contributed by atoms with van der Waals surface area (Å²) in [6, 6.07) is 12.0. The Morgan fingerprint density at radius 3 is 2.48 bits per heavy atom. The molecule has 0 aliphatic rings. The maximum Gasteiger partial charge on any atom is 0.341 e. The van der Waals surface area contributed by atoms with Crippen LogP contribution in [0.3, 0.4) is 0 Å². The van der Waals surface area contributed by atoms with Crippen molar-refractivity contribution in [3.05, 3.63) is 53.6 Å². The first-order valence-electron chi connectivity index (χ1n) is 8.02. The van der Waals surface area contributed by atoms with Crippen LogP contribution in [0, 0.1) is 6.92 Å². The molecule has 0 spiro atoms. The first kappa shape index (κ1) is 18.3. The molecule has 0 aliphatic heterocycles. The third kappa shape index (κ3) is 4.73. The second-order valence-corrected chi connectivity index (χ2v) is 5.53. The summed E-state index contributed by atoms with van der Waals surface area (Å²) < 4.78 is 10.6. The smallest absolute Gasteiger partial charge is 0.341 e. The molecular weight excluding hydrogens is 320 g/mol. The number of nitrogen functional groups attached to an aromatic ring is 1. The molecule has 2 aromatic carbocycles. The number of carbonyl (C=O) groups excluding carboxylic acids is 2. The van der Waals surface area contributed by atoms with Crippen LogP contribution in [0.15, 0.2) is 42.5 Å². The number of para-hydroxylation sites is 1. The van der Waals surface area contributed by atoms with Crippen molar-refractivity contribution in [2.75, 3.05) is 17.7 Å². The monoisotopic (exact) mass is 342 g/mol. The molecule has 1 unspecified atom stereocenters. The van der Waals surface area contributed by atoms with Gasteiger partial charge in [-0.05, 0) is 56.7 Å². The maximum absolute atomic E-state index is 12.2. The zero-order valence-corrected chi connectivity index (χ0v) is 14.5. The number of aryl methyl sites for hydroxylation is 1. The molecule has 1 atom stereocenters. The Morgan fingerprint density at radius 2 is 1.84 bits per heavy atom. The minimum Gasteiger partial charge on any atom is -0.494 e. The Hall–Kier alpha value is -3.02. The summed E-state index contributed by atoms with van der Waals surface area (Å²) in [5.41, 5.74) is 7.86. The van der Waals surface area contributed by atoms with E-state index in [4.69, 9.17) is 15.2 Å². The number of carbonyl (C=O) groups is 2. The van der Waals surface area contributed by atoms with Gasteiger partial charge >= 0.3 is 5.97 Å². The number of hydrogen-bond donors (Lipinski definition) is 2. The highest BCUT2D eigenvalue weighted by atomic mass is 16.5. The molecule has 0 heterocycles. The van der Waals surface area contributed by atoms with Crippen molar-refractivity contribution < 1.29 is 19.1 Å². The van der Waals surface area contributed by atoms with Crippen molar-refractivity contribution in [3.8, 4) is 5.75 Å². The summed E-state index contributed by atoms with van der Waals surface area (Å²) in [4.78, 5) is 24.4. The lowest BCUT2D eigenvalue weighted by Gasteiger charge is -2.15. The summed E-state index contributed by atoms with van der Waals surface area (Å²) >= 11 is 0. The number of esters is 1. The van der Waals surface area contributed by atoms with Gasteiger partial charge in [0.15, 0.2) is 6.10 Å². The number of rotatable bonds is 6. The molecule has 132 valence electrons. The molecule has 6 nitrogen and oxygen atoms in total. The van der Waals surface area contributed by atoms with Gasteiger partial charge < -0.3 is 20.5 Å². The first-order valence-corrected chi connectivity index (χ1v) is 8.02. The Morgan fingerprint density at radius 1 is 1.16 bits per heavy atom. The van der Waals surface area contributed by atoms with E-state index in [1.807, 2.05) is 6.92 Å². The average Bonchev–Trinajstić information content (AvgIpc) is 2.59. The van der Waals surface area contributed by atoms with Crippen LogP contribution in [0.2, 0.25) is 0 Å². The van der Waals surface area contributed by atoms with Crippen molar-refractivity contribution in [3.63, 3.8) is 0 Å². The number of amides is 1. The SMILES string of the molecule is CCOc1ccc(NC(=O)C(C)OC(=O)c2cccc(C)c2N)cc1. The van der Waals surface area contributed by atoms with Gasteiger partial charge in [-0.2, -0.15) is 0 Å². The van der Waals surface area contributed by atoms with E-state index in [9.17, 15) is 9.59 Å². The summed E-state index contributed by atoms with van der Waals surface area (Å²) in [5.74, 6) is -0.339. The fourth-order valence-corrected chi connectivity index (χ4v) is 2.18. The van der Waals surface area contributed by atoms with Gasteiger partial charge in [-0.1, -0.05) is 12.1 Å². The quantitative estimate of drug-likeness (QED) is 0.621. The maximum atomic E-state index is 12.2. The van der Waals surface area contributed by atoms with Crippen LogP contribution in [0.25, 0.3) is 0 Å². The van der Waals surface area contributed by atoms with Crippen molar-refractivity contribution >= 4 is 23.3 Å². The van der Waals surface area contributed by atoms with E-state index >= 15 is 0 Å². The van der Waals surface area contributed by atoms with Crippen molar-refractivity contribution in [1.82, 2.24) is 0 Å². The van der Waals surface area contributed by atoms with Crippen molar-refractivity contribution in [1.29, 1.82) is 0 Å². The van der Waals surface area contributed by atoms with Crippen LogP contribution in [-0.2, 0) is 9.53 Å². The highest BCUT2D eigenvalue weighted by molar-refractivity contribution is 5.99. The van der Waals surface area contributed by atoms with E-state index in [-0.39, 0.29) is 5.56 Å². The number of nitrogens with one attached hydrogen (secondary N) is 1. The van der Waals surface area contributed by atoms with Crippen LogP contribution >= 0.6 is 0 Å². The molecule has 0 radical (unpaired) electrons. The minimum absolute atomic E-state index is 0.251. The first-order chi connectivity index (χ1) is 11.9. The van der Waals surface area contributed by atoms with Gasteiger partial charge in [-0.25, -0.2) is 4.79 Å². The zero-order valence-electron chi connectivity index (χ0n) is 14.5. The predicted molar refractivity (Wildman–Crippen MR) is 96.7 cm³/mol. The number of benzene rings is 2. The summed E-state index contributed by atoms with van der Waals surface area (Å²) in [7, 11) is 0. The van der Waals surface area contributed by atoms with Gasteiger partial charge in [0.1, 0.15) is 5.75 Å². The van der Waals surface area contributed by atoms with Crippen LogP contribution < -0.4 is 15.8 Å². The van der Waals surface area contributed by atoms with Gasteiger partial charge in [0, 0.05) is 11.4 Å². The molecule has 0 aromatic heterocycles. The molecule has 2 aromatic rings. The highest BCUT2D eigenvalue weighted by Crippen LogP contribution is 2.19. The molecule has 0 saturated heterocycles. The third-order valence-electron chi connectivity index (χ3n) is 3.63. The third-order valence-corrected chi connectivity index (χ3v) is 3.63. The van der Waals surface area contributed by atoms with Crippen LogP contribution in [0.5, 0.6) is 5.75 Å².